The first-order valence-electron chi connectivity index (χ1n) is 7.26. The Hall–Kier alpha value is -2.29. The van der Waals surface area contributed by atoms with Gasteiger partial charge in [-0.25, -0.2) is 0 Å². The molecular weight excluding hydrogens is 260 g/mol. The van der Waals surface area contributed by atoms with Crippen molar-refractivity contribution in [1.29, 1.82) is 0 Å². The van der Waals surface area contributed by atoms with Crippen molar-refractivity contribution in [2.45, 2.75) is 32.1 Å². The summed E-state index contributed by atoms with van der Waals surface area (Å²) in [6.07, 6.45) is 1.79. The molecule has 0 unspecified atom stereocenters. The highest BCUT2D eigenvalue weighted by atomic mass is 16.2. The van der Waals surface area contributed by atoms with Gasteiger partial charge in [0.15, 0.2) is 0 Å². The van der Waals surface area contributed by atoms with E-state index in [9.17, 15) is 4.79 Å². The van der Waals surface area contributed by atoms with Gasteiger partial charge in [-0.05, 0) is 56.0 Å². The molecule has 0 radical (unpaired) electrons. The van der Waals surface area contributed by atoms with Gasteiger partial charge in [-0.15, -0.1) is 0 Å². The van der Waals surface area contributed by atoms with Crippen molar-refractivity contribution in [3.63, 3.8) is 0 Å². The zero-order valence-corrected chi connectivity index (χ0v) is 12.4. The molecular formula is C18H20N2O. The monoisotopic (exact) mass is 280 g/mol. The Bertz CT molecular complexity index is 685. The molecule has 2 aromatic carbocycles. The SMILES string of the molecule is Cc1ccc(NC(=O)C2(c3ccc(N)cc3)CC2)c(C)c1. The van der Waals surface area contributed by atoms with Crippen LogP contribution in [0.25, 0.3) is 0 Å². The molecule has 1 fully saturated rings. The zero-order chi connectivity index (χ0) is 15.0. The van der Waals surface area contributed by atoms with Crippen LogP contribution in [0.15, 0.2) is 42.5 Å². The highest BCUT2D eigenvalue weighted by Crippen LogP contribution is 2.49. The molecule has 0 spiro atoms. The Morgan fingerprint density at radius 3 is 2.33 bits per heavy atom. The third kappa shape index (κ3) is 2.51. The van der Waals surface area contributed by atoms with Gasteiger partial charge in [0, 0.05) is 11.4 Å². The average Bonchev–Trinajstić information content (AvgIpc) is 3.24. The van der Waals surface area contributed by atoms with Gasteiger partial charge in [0.05, 0.1) is 5.41 Å². The lowest BCUT2D eigenvalue weighted by Crippen LogP contribution is -2.28. The summed E-state index contributed by atoms with van der Waals surface area (Å²) < 4.78 is 0. The van der Waals surface area contributed by atoms with Gasteiger partial charge in [0.25, 0.3) is 0 Å². The van der Waals surface area contributed by atoms with Crippen LogP contribution in [0.3, 0.4) is 0 Å². The van der Waals surface area contributed by atoms with Gasteiger partial charge >= 0.3 is 0 Å². The number of nitrogens with two attached hydrogens (primary N) is 1. The molecule has 1 amide bonds. The van der Waals surface area contributed by atoms with Crippen molar-refractivity contribution in [1.82, 2.24) is 0 Å². The Morgan fingerprint density at radius 1 is 1.10 bits per heavy atom. The van der Waals surface area contributed by atoms with E-state index in [2.05, 4.69) is 18.3 Å². The number of carbonyl (C=O) groups is 1. The summed E-state index contributed by atoms with van der Waals surface area (Å²) in [5.41, 5.74) is 10.3. The van der Waals surface area contributed by atoms with Crippen LogP contribution in [0.4, 0.5) is 11.4 Å². The number of aryl methyl sites for hydroxylation is 2. The smallest absolute Gasteiger partial charge is 0.235 e. The predicted octanol–water partition coefficient (Wildman–Crippen LogP) is 3.56. The van der Waals surface area contributed by atoms with Gasteiger partial charge in [0.2, 0.25) is 5.91 Å². The summed E-state index contributed by atoms with van der Waals surface area (Å²) in [7, 11) is 0. The minimum absolute atomic E-state index is 0.0826. The highest BCUT2D eigenvalue weighted by Gasteiger charge is 2.51. The molecule has 0 bridgehead atoms. The fourth-order valence-electron chi connectivity index (χ4n) is 2.77. The Balaban J connectivity index is 1.83. The Morgan fingerprint density at radius 2 is 1.76 bits per heavy atom. The molecule has 0 heterocycles. The Kier molecular flexibility index (Phi) is 3.20. The maximum atomic E-state index is 12.7. The summed E-state index contributed by atoms with van der Waals surface area (Å²) in [5, 5.41) is 3.08. The first kappa shape index (κ1) is 13.7. The molecule has 1 aliphatic rings. The predicted molar refractivity (Wildman–Crippen MR) is 86.3 cm³/mol. The molecule has 0 saturated heterocycles. The standard InChI is InChI=1S/C18H20N2O/c1-12-3-8-16(13(2)11-12)20-17(21)18(9-10-18)14-4-6-15(19)7-5-14/h3-8,11H,9-10,19H2,1-2H3,(H,20,21). The molecule has 1 aliphatic carbocycles. The van der Waals surface area contributed by atoms with E-state index in [1.807, 2.05) is 43.3 Å². The number of anilines is 2. The molecule has 0 atom stereocenters. The third-order valence-corrected chi connectivity index (χ3v) is 4.28. The van der Waals surface area contributed by atoms with Crippen molar-refractivity contribution >= 4 is 17.3 Å². The number of benzene rings is 2. The van der Waals surface area contributed by atoms with E-state index in [0.29, 0.717) is 0 Å². The van der Waals surface area contributed by atoms with Gasteiger partial charge in [0.1, 0.15) is 0 Å². The number of amides is 1. The minimum atomic E-state index is -0.370. The van der Waals surface area contributed by atoms with Gasteiger partial charge in [-0.2, -0.15) is 0 Å². The first-order valence-corrected chi connectivity index (χ1v) is 7.26. The molecule has 3 nitrogen and oxygen atoms in total. The van der Waals surface area contributed by atoms with Gasteiger partial charge in [-0.1, -0.05) is 29.8 Å². The maximum Gasteiger partial charge on any atom is 0.235 e. The highest BCUT2D eigenvalue weighted by molar-refractivity contribution is 6.01. The summed E-state index contributed by atoms with van der Waals surface area (Å²) in [6.45, 7) is 4.07. The lowest BCUT2D eigenvalue weighted by atomic mass is 9.94. The van der Waals surface area contributed by atoms with E-state index < -0.39 is 0 Å². The topological polar surface area (TPSA) is 55.1 Å². The van der Waals surface area contributed by atoms with Crippen molar-refractivity contribution in [3.8, 4) is 0 Å². The normalized spacial score (nSPS) is 15.5. The van der Waals surface area contributed by atoms with E-state index in [0.717, 1.165) is 35.3 Å². The average molecular weight is 280 g/mol. The summed E-state index contributed by atoms with van der Waals surface area (Å²) in [5.74, 6) is 0.0826. The van der Waals surface area contributed by atoms with Crippen molar-refractivity contribution in [3.05, 3.63) is 59.2 Å². The molecule has 21 heavy (non-hydrogen) atoms. The number of nitrogen functional groups attached to an aromatic ring is 1. The van der Waals surface area contributed by atoms with Crippen LogP contribution in [-0.2, 0) is 10.2 Å². The quantitative estimate of drug-likeness (QED) is 0.845. The van der Waals surface area contributed by atoms with E-state index in [-0.39, 0.29) is 11.3 Å². The number of carbonyl (C=O) groups excluding carboxylic acids is 1. The van der Waals surface area contributed by atoms with Crippen LogP contribution in [0, 0.1) is 13.8 Å². The maximum absolute atomic E-state index is 12.7. The lowest BCUT2D eigenvalue weighted by Gasteiger charge is -2.17. The second-order valence-electron chi connectivity index (χ2n) is 5.98. The van der Waals surface area contributed by atoms with Crippen LogP contribution in [0.2, 0.25) is 0 Å². The summed E-state index contributed by atoms with van der Waals surface area (Å²) >= 11 is 0. The summed E-state index contributed by atoms with van der Waals surface area (Å²) in [4.78, 5) is 12.7. The molecule has 3 N–H and O–H groups in total. The molecule has 3 heteroatoms. The zero-order valence-electron chi connectivity index (χ0n) is 12.4. The van der Waals surface area contributed by atoms with E-state index in [1.54, 1.807) is 0 Å². The molecule has 1 saturated carbocycles. The Labute approximate surface area is 125 Å². The van der Waals surface area contributed by atoms with Crippen LogP contribution in [0.1, 0.15) is 29.5 Å². The lowest BCUT2D eigenvalue weighted by molar-refractivity contribution is -0.118. The molecule has 2 aromatic rings. The molecule has 108 valence electrons. The van der Waals surface area contributed by atoms with Gasteiger partial charge in [-0.3, -0.25) is 4.79 Å². The number of rotatable bonds is 3. The largest absolute Gasteiger partial charge is 0.399 e. The van der Waals surface area contributed by atoms with Crippen LogP contribution in [0.5, 0.6) is 0 Å². The fraction of sp³-hybridized carbons (Fsp3) is 0.278. The molecule has 0 aliphatic heterocycles. The van der Waals surface area contributed by atoms with Crippen molar-refractivity contribution in [2.75, 3.05) is 11.1 Å². The van der Waals surface area contributed by atoms with E-state index in [1.165, 1.54) is 5.56 Å². The first-order chi connectivity index (χ1) is 10.0. The number of hydrogen-bond donors (Lipinski definition) is 2. The minimum Gasteiger partial charge on any atom is -0.399 e. The second-order valence-corrected chi connectivity index (χ2v) is 5.98. The van der Waals surface area contributed by atoms with Crippen molar-refractivity contribution < 1.29 is 4.79 Å². The summed E-state index contributed by atoms with van der Waals surface area (Å²) in [6, 6.07) is 13.7. The number of hydrogen-bond acceptors (Lipinski definition) is 2. The van der Waals surface area contributed by atoms with Crippen LogP contribution >= 0.6 is 0 Å². The van der Waals surface area contributed by atoms with Crippen molar-refractivity contribution in [2.24, 2.45) is 0 Å². The van der Waals surface area contributed by atoms with Gasteiger partial charge < -0.3 is 11.1 Å². The molecule has 3 rings (SSSR count). The van der Waals surface area contributed by atoms with E-state index in [4.69, 9.17) is 5.73 Å². The van der Waals surface area contributed by atoms with Crippen LogP contribution in [-0.4, -0.2) is 5.91 Å². The number of nitrogens with one attached hydrogen (secondary N) is 1. The molecule has 0 aromatic heterocycles. The fourth-order valence-corrected chi connectivity index (χ4v) is 2.77. The van der Waals surface area contributed by atoms with Crippen LogP contribution < -0.4 is 11.1 Å². The van der Waals surface area contributed by atoms with E-state index >= 15 is 0 Å². The third-order valence-electron chi connectivity index (χ3n) is 4.28. The second kappa shape index (κ2) is 4.92.